The molecule has 0 unspecified atom stereocenters. The SMILES string of the molecule is Cc1cc(-n2cc(Cl)cc2C(=O)O)cc(C)c1Br. The van der Waals surface area contributed by atoms with E-state index < -0.39 is 5.97 Å². The van der Waals surface area contributed by atoms with Gasteiger partial charge >= 0.3 is 5.97 Å². The van der Waals surface area contributed by atoms with Crippen molar-refractivity contribution in [2.45, 2.75) is 13.8 Å². The zero-order chi connectivity index (χ0) is 13.4. The lowest BCUT2D eigenvalue weighted by molar-refractivity contribution is 0.0688. The highest BCUT2D eigenvalue weighted by Gasteiger charge is 2.14. The minimum Gasteiger partial charge on any atom is -0.477 e. The molecule has 0 radical (unpaired) electrons. The number of hydrogen-bond acceptors (Lipinski definition) is 1. The Labute approximate surface area is 118 Å². The van der Waals surface area contributed by atoms with Crippen LogP contribution in [0.2, 0.25) is 5.02 Å². The number of aromatic nitrogens is 1. The van der Waals surface area contributed by atoms with Crippen molar-refractivity contribution in [1.29, 1.82) is 0 Å². The monoisotopic (exact) mass is 327 g/mol. The van der Waals surface area contributed by atoms with Gasteiger partial charge in [-0.05, 0) is 43.2 Å². The predicted molar refractivity (Wildman–Crippen MR) is 74.9 cm³/mol. The van der Waals surface area contributed by atoms with Gasteiger partial charge in [0.25, 0.3) is 0 Å². The standard InChI is InChI=1S/C13H11BrClNO2/c1-7-3-10(4-8(2)12(7)14)16-6-9(15)5-11(16)13(17)18/h3-6H,1-2H3,(H,17,18). The summed E-state index contributed by atoms with van der Waals surface area (Å²) in [6.45, 7) is 3.93. The fraction of sp³-hybridized carbons (Fsp3) is 0.154. The van der Waals surface area contributed by atoms with E-state index in [1.807, 2.05) is 26.0 Å². The largest absolute Gasteiger partial charge is 0.477 e. The molecular weight excluding hydrogens is 318 g/mol. The third-order valence-corrected chi connectivity index (χ3v) is 4.16. The van der Waals surface area contributed by atoms with Crippen LogP contribution < -0.4 is 0 Å². The summed E-state index contributed by atoms with van der Waals surface area (Å²) in [4.78, 5) is 11.2. The molecule has 0 atom stereocenters. The van der Waals surface area contributed by atoms with Crippen LogP contribution in [0.3, 0.4) is 0 Å². The van der Waals surface area contributed by atoms with E-state index in [-0.39, 0.29) is 5.69 Å². The highest BCUT2D eigenvalue weighted by Crippen LogP contribution is 2.26. The van der Waals surface area contributed by atoms with Crippen molar-refractivity contribution >= 4 is 33.5 Å². The van der Waals surface area contributed by atoms with Gasteiger partial charge in [-0.15, -0.1) is 0 Å². The van der Waals surface area contributed by atoms with Crippen LogP contribution >= 0.6 is 27.5 Å². The van der Waals surface area contributed by atoms with Crippen LogP contribution in [0.4, 0.5) is 0 Å². The van der Waals surface area contributed by atoms with Gasteiger partial charge in [0.2, 0.25) is 0 Å². The molecule has 1 aromatic heterocycles. The molecular formula is C13H11BrClNO2. The predicted octanol–water partition coefficient (Wildman–Crippen LogP) is 4.21. The minimum absolute atomic E-state index is 0.154. The molecule has 0 aliphatic heterocycles. The Morgan fingerprint density at radius 2 is 1.83 bits per heavy atom. The molecule has 1 aromatic carbocycles. The van der Waals surface area contributed by atoms with Crippen LogP contribution in [0.1, 0.15) is 21.6 Å². The van der Waals surface area contributed by atoms with E-state index in [2.05, 4.69) is 15.9 Å². The summed E-state index contributed by atoms with van der Waals surface area (Å²) < 4.78 is 2.61. The van der Waals surface area contributed by atoms with E-state index >= 15 is 0 Å². The summed E-state index contributed by atoms with van der Waals surface area (Å²) in [5.74, 6) is -1.000. The average molecular weight is 329 g/mol. The van der Waals surface area contributed by atoms with E-state index in [0.29, 0.717) is 5.02 Å². The summed E-state index contributed by atoms with van der Waals surface area (Å²) in [5, 5.41) is 9.55. The number of aryl methyl sites for hydroxylation is 2. The Kier molecular flexibility index (Phi) is 3.50. The van der Waals surface area contributed by atoms with Crippen LogP contribution in [0.25, 0.3) is 5.69 Å². The van der Waals surface area contributed by atoms with Gasteiger partial charge in [0.1, 0.15) is 5.69 Å². The molecule has 3 nitrogen and oxygen atoms in total. The van der Waals surface area contributed by atoms with Crippen molar-refractivity contribution < 1.29 is 9.90 Å². The van der Waals surface area contributed by atoms with Gasteiger partial charge < -0.3 is 9.67 Å². The molecule has 0 saturated carbocycles. The lowest BCUT2D eigenvalue weighted by atomic mass is 10.1. The summed E-state index contributed by atoms with van der Waals surface area (Å²) in [6.07, 6.45) is 1.60. The fourth-order valence-electron chi connectivity index (χ4n) is 1.87. The van der Waals surface area contributed by atoms with Crippen molar-refractivity contribution in [3.63, 3.8) is 0 Å². The normalized spacial score (nSPS) is 10.7. The maximum atomic E-state index is 11.2. The second-order valence-corrected chi connectivity index (χ2v) is 5.34. The van der Waals surface area contributed by atoms with Crippen molar-refractivity contribution in [3.05, 3.63) is 50.7 Å². The quantitative estimate of drug-likeness (QED) is 0.897. The zero-order valence-electron chi connectivity index (χ0n) is 9.87. The third kappa shape index (κ3) is 2.31. The van der Waals surface area contributed by atoms with Crippen molar-refractivity contribution in [2.75, 3.05) is 0 Å². The first-order valence-electron chi connectivity index (χ1n) is 5.28. The topological polar surface area (TPSA) is 42.2 Å². The van der Waals surface area contributed by atoms with Crippen molar-refractivity contribution in [1.82, 2.24) is 4.57 Å². The highest BCUT2D eigenvalue weighted by molar-refractivity contribution is 9.10. The first-order chi connectivity index (χ1) is 8.40. The third-order valence-electron chi connectivity index (χ3n) is 2.71. The Morgan fingerprint density at radius 3 is 2.33 bits per heavy atom. The molecule has 0 aliphatic carbocycles. The second kappa shape index (κ2) is 4.78. The number of aromatic carboxylic acids is 1. The number of halogens is 2. The fourth-order valence-corrected chi connectivity index (χ4v) is 2.30. The van der Waals surface area contributed by atoms with E-state index in [1.165, 1.54) is 6.07 Å². The first-order valence-corrected chi connectivity index (χ1v) is 6.45. The molecule has 2 aromatic rings. The maximum Gasteiger partial charge on any atom is 0.352 e. The van der Waals surface area contributed by atoms with Crippen LogP contribution in [0, 0.1) is 13.8 Å². The Balaban J connectivity index is 2.65. The molecule has 2 rings (SSSR count). The summed E-state index contributed by atoms with van der Waals surface area (Å²) >= 11 is 9.36. The molecule has 94 valence electrons. The Morgan fingerprint density at radius 1 is 1.28 bits per heavy atom. The van der Waals surface area contributed by atoms with Gasteiger partial charge in [-0.2, -0.15) is 0 Å². The van der Waals surface area contributed by atoms with E-state index in [4.69, 9.17) is 16.7 Å². The molecule has 1 heterocycles. The molecule has 18 heavy (non-hydrogen) atoms. The van der Waals surface area contributed by atoms with Gasteiger partial charge in [-0.25, -0.2) is 4.79 Å². The number of hydrogen-bond donors (Lipinski definition) is 1. The zero-order valence-corrected chi connectivity index (χ0v) is 12.2. The van der Waals surface area contributed by atoms with Crippen LogP contribution in [0.15, 0.2) is 28.9 Å². The molecule has 0 amide bonds. The van der Waals surface area contributed by atoms with E-state index in [1.54, 1.807) is 10.8 Å². The average Bonchev–Trinajstić information content (AvgIpc) is 2.67. The summed E-state index contributed by atoms with van der Waals surface area (Å²) in [7, 11) is 0. The first kappa shape index (κ1) is 13.2. The minimum atomic E-state index is -1.000. The number of carbonyl (C=O) groups is 1. The molecule has 0 spiro atoms. The second-order valence-electron chi connectivity index (χ2n) is 4.11. The Hall–Kier alpha value is -1.26. The van der Waals surface area contributed by atoms with E-state index in [0.717, 1.165) is 21.3 Å². The van der Waals surface area contributed by atoms with Crippen LogP contribution in [0.5, 0.6) is 0 Å². The highest BCUT2D eigenvalue weighted by atomic mass is 79.9. The summed E-state index contributed by atoms with van der Waals surface area (Å²) in [6, 6.07) is 5.27. The van der Waals surface area contributed by atoms with Crippen LogP contribution in [-0.4, -0.2) is 15.6 Å². The van der Waals surface area contributed by atoms with Crippen LogP contribution in [-0.2, 0) is 0 Å². The number of benzene rings is 1. The molecule has 1 N–H and O–H groups in total. The molecule has 5 heteroatoms. The van der Waals surface area contributed by atoms with Gasteiger partial charge in [0, 0.05) is 16.4 Å². The molecule has 0 fully saturated rings. The molecule has 0 aliphatic rings. The van der Waals surface area contributed by atoms with E-state index in [9.17, 15) is 4.79 Å². The Bertz CT molecular complexity index is 611. The smallest absolute Gasteiger partial charge is 0.352 e. The van der Waals surface area contributed by atoms with Crippen molar-refractivity contribution in [2.24, 2.45) is 0 Å². The van der Waals surface area contributed by atoms with Crippen molar-refractivity contribution in [3.8, 4) is 5.69 Å². The summed E-state index contributed by atoms with van der Waals surface area (Å²) in [5.41, 5.74) is 3.04. The number of carboxylic acids is 1. The van der Waals surface area contributed by atoms with Gasteiger partial charge in [0.15, 0.2) is 0 Å². The lowest BCUT2D eigenvalue weighted by Gasteiger charge is -2.10. The van der Waals surface area contributed by atoms with Gasteiger partial charge in [0.05, 0.1) is 5.02 Å². The molecule has 0 bridgehead atoms. The van der Waals surface area contributed by atoms with Gasteiger partial charge in [-0.3, -0.25) is 0 Å². The maximum absolute atomic E-state index is 11.2. The number of carboxylic acid groups (broad SMARTS) is 1. The lowest BCUT2D eigenvalue weighted by Crippen LogP contribution is -2.06. The van der Waals surface area contributed by atoms with Gasteiger partial charge in [-0.1, -0.05) is 27.5 Å². The number of nitrogens with zero attached hydrogens (tertiary/aromatic N) is 1. The number of rotatable bonds is 2. The molecule has 0 saturated heterocycles.